The van der Waals surface area contributed by atoms with Crippen LogP contribution in [0.5, 0.6) is 0 Å². The first-order valence-electron chi connectivity index (χ1n) is 10.1. The van der Waals surface area contributed by atoms with Crippen molar-refractivity contribution in [3.63, 3.8) is 0 Å². The molecule has 0 rings (SSSR count). The summed E-state index contributed by atoms with van der Waals surface area (Å²) in [7, 11) is -3.76. The van der Waals surface area contributed by atoms with Crippen molar-refractivity contribution in [1.82, 2.24) is 0 Å². The van der Waals surface area contributed by atoms with Crippen LogP contribution >= 0.6 is 0 Å². The molecule has 0 aliphatic rings. The zero-order valence-electron chi connectivity index (χ0n) is 18.0. The molecule has 166 valence electrons. The van der Waals surface area contributed by atoms with Crippen LogP contribution in [-0.2, 0) is 19.7 Å². The van der Waals surface area contributed by atoms with E-state index in [0.29, 0.717) is 18.6 Å². The third-order valence-corrected chi connectivity index (χ3v) is 4.75. The Morgan fingerprint density at radius 3 is 1.52 bits per heavy atom. The molecule has 0 aromatic heterocycles. The van der Waals surface area contributed by atoms with E-state index >= 15 is 0 Å². The molecule has 0 unspecified atom stereocenters. The Morgan fingerprint density at radius 1 is 0.759 bits per heavy atom. The molecule has 0 amide bonds. The summed E-state index contributed by atoms with van der Waals surface area (Å²) in [5.74, 6) is -2.62. The van der Waals surface area contributed by atoms with Crippen LogP contribution in [0.2, 0.25) is 0 Å². The quantitative estimate of drug-likeness (QED) is 0.103. The molecule has 0 aliphatic heterocycles. The maximum absolute atomic E-state index is 10.5. The second-order valence-corrected chi connectivity index (χ2v) is 8.27. The van der Waals surface area contributed by atoms with Crippen LogP contribution in [0.1, 0.15) is 90.4 Å². The minimum absolute atomic E-state index is 0. The van der Waals surface area contributed by atoms with Crippen molar-refractivity contribution in [2.45, 2.75) is 90.4 Å². The summed E-state index contributed by atoms with van der Waals surface area (Å²) in [6.45, 7) is 2.25. The SMILES string of the molecule is CCCCCCCCCCCC[CH-]CCCS(=O)(=O)O.O=C(O)/C=C\C(=O)O.[Na+]. The second-order valence-electron chi connectivity index (χ2n) is 6.70. The van der Waals surface area contributed by atoms with Crippen molar-refractivity contribution in [1.29, 1.82) is 0 Å². The van der Waals surface area contributed by atoms with Crippen LogP contribution in [0.3, 0.4) is 0 Å². The first kappa shape index (κ1) is 33.2. The molecule has 0 atom stereocenters. The van der Waals surface area contributed by atoms with E-state index in [2.05, 4.69) is 13.3 Å². The van der Waals surface area contributed by atoms with Gasteiger partial charge in [-0.15, -0.1) is 0 Å². The van der Waals surface area contributed by atoms with E-state index in [1.807, 2.05) is 0 Å². The van der Waals surface area contributed by atoms with Gasteiger partial charge in [-0.25, -0.2) is 9.59 Å². The molecule has 7 nitrogen and oxygen atoms in total. The minimum atomic E-state index is -3.76. The van der Waals surface area contributed by atoms with Gasteiger partial charge in [-0.05, 0) is 0 Å². The van der Waals surface area contributed by atoms with Gasteiger partial charge in [0.15, 0.2) is 0 Å². The molecule has 3 N–H and O–H groups in total. The van der Waals surface area contributed by atoms with Gasteiger partial charge in [0.2, 0.25) is 0 Å². The average molecular weight is 445 g/mol. The van der Waals surface area contributed by atoms with Crippen LogP contribution in [0.15, 0.2) is 12.2 Å². The first-order valence-corrected chi connectivity index (χ1v) is 11.7. The Morgan fingerprint density at radius 2 is 1.14 bits per heavy atom. The van der Waals surface area contributed by atoms with E-state index in [4.69, 9.17) is 14.8 Å². The van der Waals surface area contributed by atoms with E-state index in [9.17, 15) is 18.0 Å². The molecule has 0 aliphatic carbocycles. The molecule has 0 aromatic rings. The molecule has 0 saturated carbocycles. The number of carboxylic acid groups (broad SMARTS) is 2. The molecule has 0 heterocycles. The molecule has 0 radical (unpaired) electrons. The Bertz CT molecular complexity index is 503. The van der Waals surface area contributed by atoms with Gasteiger partial charge in [0.05, 0.1) is 5.75 Å². The Hall–Kier alpha value is -0.410. The normalized spacial score (nSPS) is 10.8. The van der Waals surface area contributed by atoms with Crippen LogP contribution in [0.25, 0.3) is 0 Å². The number of carbonyl (C=O) groups is 2. The summed E-state index contributed by atoms with van der Waals surface area (Å²) in [6, 6.07) is 0. The van der Waals surface area contributed by atoms with E-state index in [1.54, 1.807) is 0 Å². The Balaban J connectivity index is -0.000000636. The van der Waals surface area contributed by atoms with Crippen LogP contribution < -0.4 is 29.6 Å². The Kier molecular flexibility index (Phi) is 27.3. The number of aliphatic carboxylic acids is 2. The Labute approximate surface area is 198 Å². The van der Waals surface area contributed by atoms with Crippen molar-refractivity contribution in [3.05, 3.63) is 18.6 Å². The summed E-state index contributed by atoms with van der Waals surface area (Å²) in [6.07, 6.45) is 19.1. The van der Waals surface area contributed by atoms with Gasteiger partial charge in [-0.3, -0.25) is 4.55 Å². The summed E-state index contributed by atoms with van der Waals surface area (Å²) >= 11 is 0. The molecular formula is C20H37NaO7S. The maximum atomic E-state index is 10.5. The summed E-state index contributed by atoms with van der Waals surface area (Å²) in [5, 5.41) is 15.6. The molecule has 9 heteroatoms. The van der Waals surface area contributed by atoms with Crippen molar-refractivity contribution in [2.75, 3.05) is 5.75 Å². The molecule has 29 heavy (non-hydrogen) atoms. The fourth-order valence-electron chi connectivity index (χ4n) is 2.47. The third-order valence-electron chi connectivity index (χ3n) is 3.94. The van der Waals surface area contributed by atoms with E-state index in [0.717, 1.165) is 12.8 Å². The van der Waals surface area contributed by atoms with Crippen molar-refractivity contribution >= 4 is 22.1 Å². The van der Waals surface area contributed by atoms with Gasteiger partial charge in [-0.1, -0.05) is 77.6 Å². The predicted molar refractivity (Wildman–Crippen MR) is 111 cm³/mol. The first-order chi connectivity index (χ1) is 13.2. The second kappa shape index (κ2) is 23.9. The molecule has 0 saturated heterocycles. The molecular weight excluding hydrogens is 407 g/mol. The number of rotatable bonds is 17. The number of hydrogen-bond donors (Lipinski definition) is 3. The third kappa shape index (κ3) is 38.8. The van der Waals surface area contributed by atoms with Crippen LogP contribution in [-0.4, -0.2) is 40.9 Å². The number of unbranched alkanes of at least 4 members (excludes halogenated alkanes) is 13. The fraction of sp³-hybridized carbons (Fsp3) is 0.750. The van der Waals surface area contributed by atoms with Gasteiger partial charge in [0, 0.05) is 12.2 Å². The standard InChI is InChI=1S/C16H33O3S.C4H4O4.Na/c1-2-3-4-5-6-7-8-9-10-11-12-13-14-15-16-20(17,18)19;5-3(6)1-2-4(7)8;/h13H,2-12,14-16H2,1H3,(H,17,18,19);1-2H,(H,5,6)(H,7,8);/q-1;;+1/b;2-1-;. The molecule has 0 spiro atoms. The number of carboxylic acids is 2. The van der Waals surface area contributed by atoms with Crippen LogP contribution in [0, 0.1) is 6.42 Å². The average Bonchev–Trinajstić information content (AvgIpc) is 2.60. The summed E-state index contributed by atoms with van der Waals surface area (Å²) < 4.78 is 29.6. The van der Waals surface area contributed by atoms with Crippen LogP contribution in [0.4, 0.5) is 0 Å². The zero-order valence-corrected chi connectivity index (χ0v) is 20.8. The van der Waals surface area contributed by atoms with E-state index in [1.165, 1.54) is 64.2 Å². The van der Waals surface area contributed by atoms with Gasteiger partial charge in [0.25, 0.3) is 10.1 Å². The van der Waals surface area contributed by atoms with E-state index in [-0.39, 0.29) is 35.3 Å². The van der Waals surface area contributed by atoms with Gasteiger partial charge in [-0.2, -0.15) is 21.3 Å². The minimum Gasteiger partial charge on any atom is -0.478 e. The molecule has 0 aromatic carbocycles. The zero-order chi connectivity index (χ0) is 21.7. The van der Waals surface area contributed by atoms with Crippen molar-refractivity contribution in [3.8, 4) is 0 Å². The molecule has 0 fully saturated rings. The maximum Gasteiger partial charge on any atom is 1.00 e. The van der Waals surface area contributed by atoms with Gasteiger partial charge >= 0.3 is 41.5 Å². The fourth-order valence-corrected chi connectivity index (χ4v) is 3.00. The van der Waals surface area contributed by atoms with E-state index < -0.39 is 22.1 Å². The number of hydrogen-bond acceptors (Lipinski definition) is 4. The largest absolute Gasteiger partial charge is 1.00 e. The topological polar surface area (TPSA) is 129 Å². The molecule has 0 bridgehead atoms. The monoisotopic (exact) mass is 444 g/mol. The summed E-state index contributed by atoms with van der Waals surface area (Å²) in [4.78, 5) is 19.1. The summed E-state index contributed by atoms with van der Waals surface area (Å²) in [5.41, 5.74) is 0. The predicted octanol–water partition coefficient (Wildman–Crippen LogP) is 1.89. The van der Waals surface area contributed by atoms with Gasteiger partial charge in [0.1, 0.15) is 0 Å². The van der Waals surface area contributed by atoms with Gasteiger partial charge < -0.3 is 16.6 Å². The smallest absolute Gasteiger partial charge is 0.478 e. The van der Waals surface area contributed by atoms with Crippen molar-refractivity contribution < 1.29 is 62.3 Å². The van der Waals surface area contributed by atoms with Crippen molar-refractivity contribution in [2.24, 2.45) is 0 Å².